The number of hydrogen-bond donors (Lipinski definition) is 6. The van der Waals surface area contributed by atoms with E-state index in [1.165, 1.54) is 12.1 Å². The Morgan fingerprint density at radius 1 is 1.00 bits per heavy atom. The molecule has 0 bridgehead atoms. The number of unbranched alkanes of at least 4 members (excludes halogenated alkanes) is 1. The van der Waals surface area contributed by atoms with Gasteiger partial charge in [0.25, 0.3) is 0 Å². The van der Waals surface area contributed by atoms with Gasteiger partial charge < -0.3 is 21.2 Å². The first-order valence-electron chi connectivity index (χ1n) is 13.4. The van der Waals surface area contributed by atoms with Crippen molar-refractivity contribution in [2.24, 2.45) is 0 Å². The quantitative estimate of drug-likeness (QED) is 0.123. The summed E-state index contributed by atoms with van der Waals surface area (Å²) < 4.78 is 14.4. The number of pyridine rings is 2. The maximum absolute atomic E-state index is 14.4. The highest BCUT2D eigenvalue weighted by atomic mass is 19.1. The van der Waals surface area contributed by atoms with Crippen molar-refractivity contribution >= 4 is 33.9 Å². The van der Waals surface area contributed by atoms with Gasteiger partial charge in [0.2, 0.25) is 5.91 Å². The first-order chi connectivity index (χ1) is 20.0. The molecule has 0 saturated heterocycles. The van der Waals surface area contributed by atoms with Gasteiger partial charge in [0, 0.05) is 41.9 Å². The molecule has 10 nitrogen and oxygen atoms in total. The minimum Gasteiger partial charge on any atom is -0.358 e. The van der Waals surface area contributed by atoms with Gasteiger partial charge in [0.15, 0.2) is 0 Å². The van der Waals surface area contributed by atoms with E-state index in [4.69, 9.17) is 5.21 Å². The Morgan fingerprint density at radius 3 is 2.73 bits per heavy atom. The van der Waals surface area contributed by atoms with Crippen LogP contribution in [-0.2, 0) is 11.3 Å². The third-order valence-corrected chi connectivity index (χ3v) is 7.07. The Labute approximate surface area is 235 Å². The van der Waals surface area contributed by atoms with Gasteiger partial charge in [0.05, 0.1) is 40.7 Å². The number of nitrogens with zero attached hydrogens (tertiary/aromatic N) is 3. The summed E-state index contributed by atoms with van der Waals surface area (Å²) in [5, 5.41) is 27.5. The van der Waals surface area contributed by atoms with Crippen LogP contribution in [0, 0.1) is 5.82 Å². The van der Waals surface area contributed by atoms with Crippen LogP contribution in [0.2, 0.25) is 0 Å². The van der Waals surface area contributed by atoms with E-state index in [1.807, 2.05) is 30.3 Å². The number of fused-ring (bicyclic) bond motifs is 2. The number of anilines is 3. The van der Waals surface area contributed by atoms with Gasteiger partial charge in [-0.3, -0.25) is 19.9 Å². The fourth-order valence-electron chi connectivity index (χ4n) is 5.08. The number of benzene rings is 2. The van der Waals surface area contributed by atoms with Gasteiger partial charge in [-0.15, -0.1) is 0 Å². The highest BCUT2D eigenvalue weighted by molar-refractivity contribution is 5.93. The molecule has 6 rings (SSSR count). The zero-order valence-corrected chi connectivity index (χ0v) is 22.3. The molecule has 3 aromatic heterocycles. The summed E-state index contributed by atoms with van der Waals surface area (Å²) in [5.41, 5.74) is 9.68. The van der Waals surface area contributed by atoms with E-state index < -0.39 is 5.82 Å². The molecule has 1 atom stereocenters. The van der Waals surface area contributed by atoms with E-state index in [2.05, 4.69) is 48.5 Å². The number of carbonyl (C=O) groups excluding carboxylic acids is 1. The molecule has 41 heavy (non-hydrogen) atoms. The second-order valence-corrected chi connectivity index (χ2v) is 10.00. The van der Waals surface area contributed by atoms with Crippen LogP contribution in [0.1, 0.15) is 43.6 Å². The number of nitrogens with one attached hydrogen (secondary N) is 5. The van der Waals surface area contributed by atoms with Crippen LogP contribution in [0.25, 0.3) is 33.2 Å². The third-order valence-electron chi connectivity index (χ3n) is 7.07. The number of rotatable bonds is 9. The highest BCUT2D eigenvalue weighted by Gasteiger charge is 2.27. The highest BCUT2D eigenvalue weighted by Crippen LogP contribution is 2.43. The van der Waals surface area contributed by atoms with E-state index in [9.17, 15) is 9.18 Å². The van der Waals surface area contributed by atoms with Crippen molar-refractivity contribution in [2.75, 3.05) is 16.0 Å². The van der Waals surface area contributed by atoms with Gasteiger partial charge >= 0.3 is 0 Å². The fraction of sp³-hybridized carbons (Fsp3) is 0.200. The van der Waals surface area contributed by atoms with Crippen LogP contribution in [0.3, 0.4) is 0 Å². The molecule has 4 heterocycles. The van der Waals surface area contributed by atoms with E-state index >= 15 is 0 Å². The van der Waals surface area contributed by atoms with Crippen molar-refractivity contribution < 1.29 is 14.4 Å². The number of carbonyl (C=O) groups is 1. The van der Waals surface area contributed by atoms with Crippen LogP contribution in [0.15, 0.2) is 67.3 Å². The molecule has 0 fully saturated rings. The van der Waals surface area contributed by atoms with Gasteiger partial charge in [-0.1, -0.05) is 19.4 Å². The molecule has 1 aliphatic rings. The normalized spacial score (nSPS) is 14.0. The van der Waals surface area contributed by atoms with Crippen LogP contribution in [-0.4, -0.2) is 31.3 Å². The average molecular weight is 553 g/mol. The maximum atomic E-state index is 14.4. The summed E-state index contributed by atoms with van der Waals surface area (Å²) in [6.45, 7) is 2.17. The summed E-state index contributed by atoms with van der Waals surface area (Å²) in [6.07, 6.45) is 8.75. The second kappa shape index (κ2) is 11.3. The fourth-order valence-corrected chi connectivity index (χ4v) is 5.08. The summed E-state index contributed by atoms with van der Waals surface area (Å²) in [4.78, 5) is 20.9. The van der Waals surface area contributed by atoms with E-state index in [0.29, 0.717) is 23.2 Å². The lowest BCUT2D eigenvalue weighted by atomic mass is 10.0. The molecular weight excluding hydrogens is 523 g/mol. The molecule has 0 aliphatic carbocycles. The lowest BCUT2D eigenvalue weighted by Crippen LogP contribution is -2.13. The molecule has 0 saturated carbocycles. The molecule has 1 amide bonds. The monoisotopic (exact) mass is 552 g/mol. The van der Waals surface area contributed by atoms with Gasteiger partial charge in [-0.25, -0.2) is 9.87 Å². The minimum absolute atomic E-state index is 0.0234. The molecule has 6 N–H and O–H groups in total. The number of halogens is 1. The van der Waals surface area contributed by atoms with E-state index in [0.717, 1.165) is 57.5 Å². The van der Waals surface area contributed by atoms with Crippen molar-refractivity contribution in [3.05, 3.63) is 84.3 Å². The SMILES string of the molecule is CCCCC(=O)Nc1cncc(-c2ccc3n[nH]c(C4Nc5cncc(-c6cc(F)cc(CNO)c6)c5N4)c3c2)c1. The Hall–Kier alpha value is -4.87. The molecule has 5 aromatic rings. The van der Waals surface area contributed by atoms with Crippen LogP contribution in [0.5, 0.6) is 0 Å². The lowest BCUT2D eigenvalue weighted by Gasteiger charge is -2.13. The molecule has 1 aliphatic heterocycles. The molecule has 1 unspecified atom stereocenters. The number of aromatic amines is 1. The number of hydroxylamine groups is 1. The molecule has 0 radical (unpaired) electrons. The van der Waals surface area contributed by atoms with Crippen LogP contribution >= 0.6 is 0 Å². The van der Waals surface area contributed by atoms with Crippen molar-refractivity contribution in [1.29, 1.82) is 0 Å². The predicted molar refractivity (Wildman–Crippen MR) is 156 cm³/mol. The average Bonchev–Trinajstić information content (AvgIpc) is 3.60. The summed E-state index contributed by atoms with van der Waals surface area (Å²) in [5.74, 6) is -0.427. The first kappa shape index (κ1) is 26.4. The predicted octanol–water partition coefficient (Wildman–Crippen LogP) is 5.97. The Bertz CT molecular complexity index is 1740. The van der Waals surface area contributed by atoms with Gasteiger partial charge in [-0.05, 0) is 59.5 Å². The summed E-state index contributed by atoms with van der Waals surface area (Å²) >= 11 is 0. The number of H-pyrrole nitrogens is 1. The number of amides is 1. The molecule has 208 valence electrons. The van der Waals surface area contributed by atoms with Gasteiger partial charge in [-0.2, -0.15) is 5.10 Å². The second-order valence-electron chi connectivity index (χ2n) is 10.00. The van der Waals surface area contributed by atoms with E-state index in [-0.39, 0.29) is 18.6 Å². The van der Waals surface area contributed by atoms with Crippen LogP contribution in [0.4, 0.5) is 21.5 Å². The maximum Gasteiger partial charge on any atom is 0.224 e. The van der Waals surface area contributed by atoms with Crippen molar-refractivity contribution in [1.82, 2.24) is 25.6 Å². The first-order valence-corrected chi connectivity index (χ1v) is 13.4. The number of aromatic nitrogens is 4. The van der Waals surface area contributed by atoms with E-state index in [1.54, 1.807) is 24.8 Å². The minimum atomic E-state index is -0.404. The topological polar surface area (TPSA) is 140 Å². The van der Waals surface area contributed by atoms with Crippen LogP contribution < -0.4 is 21.4 Å². The molecule has 0 spiro atoms. The number of hydrogen-bond acceptors (Lipinski definition) is 8. The molecule has 11 heteroatoms. The zero-order valence-electron chi connectivity index (χ0n) is 22.3. The Balaban J connectivity index is 1.29. The smallest absolute Gasteiger partial charge is 0.224 e. The zero-order chi connectivity index (χ0) is 28.3. The largest absolute Gasteiger partial charge is 0.358 e. The van der Waals surface area contributed by atoms with Crippen molar-refractivity contribution in [3.8, 4) is 22.3 Å². The van der Waals surface area contributed by atoms with Crippen molar-refractivity contribution in [2.45, 2.75) is 38.9 Å². The summed E-state index contributed by atoms with van der Waals surface area (Å²) in [6, 6.07) is 12.5. The van der Waals surface area contributed by atoms with Crippen molar-refractivity contribution in [3.63, 3.8) is 0 Å². The van der Waals surface area contributed by atoms with Gasteiger partial charge in [0.1, 0.15) is 12.0 Å². The third kappa shape index (κ3) is 5.45. The molecule has 2 aromatic carbocycles. The Kier molecular flexibility index (Phi) is 7.28. The Morgan fingerprint density at radius 2 is 1.88 bits per heavy atom. The standard InChI is InChI=1S/C30H29FN8O2/c1-2-3-4-27(40)35-22-10-20(13-32-14-22)18-5-6-25-23(11-18)29(39-38-25)30-36-26-16-33-15-24(28(26)37-30)19-7-17(12-34-41)8-21(31)9-19/h5-11,13-16,30,34,36-37,41H,2-4,12H2,1H3,(H,35,40)(H,38,39). The lowest BCUT2D eigenvalue weighted by molar-refractivity contribution is -0.116. The molecular formula is C30H29FN8O2. The summed E-state index contributed by atoms with van der Waals surface area (Å²) in [7, 11) is 0.